The summed E-state index contributed by atoms with van der Waals surface area (Å²) in [5.41, 5.74) is 1.33. The van der Waals surface area contributed by atoms with Crippen LogP contribution in [0.2, 0.25) is 10.0 Å². The number of halogens is 2. The van der Waals surface area contributed by atoms with Gasteiger partial charge >= 0.3 is 0 Å². The van der Waals surface area contributed by atoms with E-state index >= 15 is 0 Å². The number of carbonyl (C=O) groups is 1. The lowest BCUT2D eigenvalue weighted by atomic mass is 10.2. The topological polar surface area (TPSA) is 69.0 Å². The number of rotatable bonds is 9. The van der Waals surface area contributed by atoms with E-state index in [2.05, 4.69) is 22.4 Å². The molecule has 0 saturated carbocycles. The number of aromatic nitrogens is 3. The zero-order valence-electron chi connectivity index (χ0n) is 16.7. The highest BCUT2D eigenvalue weighted by Gasteiger charge is 2.15. The van der Waals surface area contributed by atoms with Gasteiger partial charge in [-0.25, -0.2) is 0 Å². The van der Waals surface area contributed by atoms with E-state index in [1.54, 1.807) is 18.2 Å². The van der Waals surface area contributed by atoms with Crippen molar-refractivity contribution in [3.63, 3.8) is 0 Å². The predicted octanol–water partition coefficient (Wildman–Crippen LogP) is 5.70. The van der Waals surface area contributed by atoms with Crippen LogP contribution in [0.3, 0.4) is 0 Å². The minimum absolute atomic E-state index is 0.151. The highest BCUT2D eigenvalue weighted by atomic mass is 35.5. The summed E-state index contributed by atoms with van der Waals surface area (Å²) < 4.78 is 7.55. The molecule has 0 radical (unpaired) electrons. The summed E-state index contributed by atoms with van der Waals surface area (Å²) in [6.07, 6.45) is 2.13. The smallest absolute Gasteiger partial charge is 0.234 e. The maximum Gasteiger partial charge on any atom is 0.234 e. The molecule has 3 rings (SSSR count). The summed E-state index contributed by atoms with van der Waals surface area (Å²) in [4.78, 5) is 12.3. The summed E-state index contributed by atoms with van der Waals surface area (Å²) in [5.74, 6) is 1.47. The van der Waals surface area contributed by atoms with Gasteiger partial charge in [0.1, 0.15) is 5.75 Å². The van der Waals surface area contributed by atoms with Crippen molar-refractivity contribution in [2.75, 3.05) is 17.7 Å². The predicted molar refractivity (Wildman–Crippen MR) is 123 cm³/mol. The van der Waals surface area contributed by atoms with E-state index in [0.717, 1.165) is 24.2 Å². The third-order valence-corrected chi connectivity index (χ3v) is 5.92. The average Bonchev–Trinajstić information content (AvgIpc) is 3.10. The quantitative estimate of drug-likeness (QED) is 0.324. The number of unbranched alkanes of at least 4 members (excludes halogenated alkanes) is 1. The van der Waals surface area contributed by atoms with Gasteiger partial charge in [0.25, 0.3) is 0 Å². The molecular formula is C21H22Cl2N4O2S. The fraction of sp³-hybridized carbons (Fsp3) is 0.286. The first-order chi connectivity index (χ1) is 14.5. The van der Waals surface area contributed by atoms with E-state index in [4.69, 9.17) is 27.9 Å². The van der Waals surface area contributed by atoms with E-state index in [1.165, 1.54) is 11.8 Å². The van der Waals surface area contributed by atoms with E-state index in [1.807, 2.05) is 35.9 Å². The van der Waals surface area contributed by atoms with Crippen LogP contribution in [-0.4, -0.2) is 33.0 Å². The summed E-state index contributed by atoms with van der Waals surface area (Å²) in [7, 11) is 1.87. The molecule has 1 N–H and O–H groups in total. The molecule has 0 aliphatic rings. The highest BCUT2D eigenvalue weighted by Crippen LogP contribution is 2.30. The Hall–Kier alpha value is -2.22. The van der Waals surface area contributed by atoms with Crippen LogP contribution < -0.4 is 10.1 Å². The van der Waals surface area contributed by atoms with Crippen molar-refractivity contribution in [1.29, 1.82) is 0 Å². The van der Waals surface area contributed by atoms with Crippen molar-refractivity contribution in [3.05, 3.63) is 52.5 Å². The Morgan fingerprint density at radius 3 is 2.50 bits per heavy atom. The monoisotopic (exact) mass is 464 g/mol. The van der Waals surface area contributed by atoms with Gasteiger partial charge in [0, 0.05) is 12.6 Å². The molecule has 0 spiro atoms. The number of benzene rings is 2. The summed E-state index contributed by atoms with van der Waals surface area (Å²) >= 11 is 13.5. The molecule has 0 saturated heterocycles. The van der Waals surface area contributed by atoms with Gasteiger partial charge in [0.05, 0.1) is 28.1 Å². The summed E-state index contributed by atoms with van der Waals surface area (Å²) in [6.45, 7) is 2.84. The van der Waals surface area contributed by atoms with Gasteiger partial charge in [-0.2, -0.15) is 0 Å². The van der Waals surface area contributed by atoms with Crippen LogP contribution in [0.1, 0.15) is 19.8 Å². The number of ether oxygens (including phenoxy) is 1. The second-order valence-corrected chi connectivity index (χ2v) is 8.28. The molecule has 0 aliphatic heterocycles. The molecule has 1 aromatic heterocycles. The normalized spacial score (nSPS) is 10.8. The van der Waals surface area contributed by atoms with Gasteiger partial charge in [0.15, 0.2) is 11.0 Å². The minimum Gasteiger partial charge on any atom is -0.494 e. The van der Waals surface area contributed by atoms with Crippen LogP contribution in [0.5, 0.6) is 5.75 Å². The van der Waals surface area contributed by atoms with E-state index in [-0.39, 0.29) is 11.7 Å². The number of thioether (sulfide) groups is 1. The SMILES string of the molecule is CCCCOc1ccc(-c2nnc(SCC(=O)Nc3c(Cl)cccc3Cl)n2C)cc1. The zero-order valence-corrected chi connectivity index (χ0v) is 19.0. The van der Waals surface area contributed by atoms with Crippen molar-refractivity contribution >= 4 is 46.6 Å². The lowest BCUT2D eigenvalue weighted by Gasteiger charge is -2.09. The van der Waals surface area contributed by atoms with Crippen molar-refractivity contribution in [1.82, 2.24) is 14.8 Å². The zero-order chi connectivity index (χ0) is 21.5. The number of nitrogens with one attached hydrogen (secondary N) is 1. The molecule has 0 bridgehead atoms. The molecule has 158 valence electrons. The summed E-state index contributed by atoms with van der Waals surface area (Å²) in [5, 5.41) is 12.6. The number of carbonyl (C=O) groups excluding carboxylic acids is 1. The standard InChI is InChI=1S/C21H22Cl2N4O2S/c1-3-4-12-29-15-10-8-14(9-11-15)20-25-26-21(27(20)2)30-13-18(28)24-19-16(22)6-5-7-17(19)23/h5-11H,3-4,12-13H2,1-2H3,(H,24,28). The van der Waals surface area contributed by atoms with Crippen LogP contribution in [0.4, 0.5) is 5.69 Å². The largest absolute Gasteiger partial charge is 0.494 e. The minimum atomic E-state index is -0.229. The Kier molecular flexibility index (Phi) is 8.01. The fourth-order valence-electron chi connectivity index (χ4n) is 2.65. The molecule has 2 aromatic carbocycles. The van der Waals surface area contributed by atoms with Gasteiger partial charge in [-0.1, -0.05) is 54.4 Å². The number of nitrogens with zero attached hydrogens (tertiary/aromatic N) is 3. The number of amides is 1. The van der Waals surface area contributed by atoms with Crippen molar-refractivity contribution in [2.24, 2.45) is 7.05 Å². The number of para-hydroxylation sites is 1. The molecule has 1 heterocycles. The first-order valence-corrected chi connectivity index (χ1v) is 11.2. The van der Waals surface area contributed by atoms with Crippen molar-refractivity contribution in [3.8, 4) is 17.1 Å². The van der Waals surface area contributed by atoms with Gasteiger partial charge in [-0.05, 0) is 42.8 Å². The molecule has 30 heavy (non-hydrogen) atoms. The molecule has 0 fully saturated rings. The van der Waals surface area contributed by atoms with Gasteiger partial charge in [0.2, 0.25) is 5.91 Å². The third-order valence-electron chi connectivity index (χ3n) is 4.27. The summed E-state index contributed by atoms with van der Waals surface area (Å²) in [6, 6.07) is 12.8. The third kappa shape index (κ3) is 5.68. The van der Waals surface area contributed by atoms with E-state index < -0.39 is 0 Å². The Morgan fingerprint density at radius 2 is 1.83 bits per heavy atom. The number of hydrogen-bond acceptors (Lipinski definition) is 5. The molecule has 3 aromatic rings. The molecule has 1 amide bonds. The first-order valence-electron chi connectivity index (χ1n) is 9.49. The second kappa shape index (κ2) is 10.7. The lowest BCUT2D eigenvalue weighted by molar-refractivity contribution is -0.113. The van der Waals surface area contributed by atoms with E-state index in [0.29, 0.717) is 33.3 Å². The molecule has 9 heteroatoms. The molecule has 0 aliphatic carbocycles. The molecule has 6 nitrogen and oxygen atoms in total. The Balaban J connectivity index is 1.60. The molecule has 0 unspecified atom stereocenters. The highest BCUT2D eigenvalue weighted by molar-refractivity contribution is 7.99. The Labute approximate surface area is 189 Å². The number of hydrogen-bond donors (Lipinski definition) is 1. The first kappa shape index (κ1) is 22.5. The Morgan fingerprint density at radius 1 is 1.13 bits per heavy atom. The van der Waals surface area contributed by atoms with Crippen molar-refractivity contribution < 1.29 is 9.53 Å². The average molecular weight is 465 g/mol. The van der Waals surface area contributed by atoms with E-state index in [9.17, 15) is 4.79 Å². The maximum atomic E-state index is 12.3. The van der Waals surface area contributed by atoms with Gasteiger partial charge in [-0.15, -0.1) is 10.2 Å². The van der Waals surface area contributed by atoms with Crippen LogP contribution in [0.15, 0.2) is 47.6 Å². The fourth-order valence-corrected chi connectivity index (χ4v) is 3.85. The van der Waals surface area contributed by atoms with Gasteiger partial charge < -0.3 is 14.6 Å². The Bertz CT molecular complexity index is 988. The molecule has 0 atom stereocenters. The van der Waals surface area contributed by atoms with Crippen LogP contribution >= 0.6 is 35.0 Å². The van der Waals surface area contributed by atoms with Crippen molar-refractivity contribution in [2.45, 2.75) is 24.9 Å². The van der Waals surface area contributed by atoms with Gasteiger partial charge in [-0.3, -0.25) is 4.79 Å². The second-order valence-electron chi connectivity index (χ2n) is 6.53. The lowest BCUT2D eigenvalue weighted by Crippen LogP contribution is -2.15. The molecular weight excluding hydrogens is 443 g/mol. The van der Waals surface area contributed by atoms with Crippen LogP contribution in [0, 0.1) is 0 Å². The maximum absolute atomic E-state index is 12.3. The number of anilines is 1. The van der Waals surface area contributed by atoms with Crippen LogP contribution in [-0.2, 0) is 11.8 Å². The van der Waals surface area contributed by atoms with Crippen LogP contribution in [0.25, 0.3) is 11.4 Å².